The maximum Gasteiger partial charge on any atom is 0.407 e. The number of ether oxygens (including phenoxy) is 1. The fraction of sp³-hybridized carbons (Fsp3) is 0.333. The van der Waals surface area contributed by atoms with Crippen LogP contribution in [0.15, 0.2) is 41.3 Å². The molecule has 0 bridgehead atoms. The Hall–Kier alpha value is -1.82. The standard InChI is InChI=1S/C15H18BrN3O2/c1-15(2,3)21-14(20)18-9-13-8-17-10-19(13)12-6-4-5-11(16)7-12/h4-8,10H,9H2,1-3H3,(H,18,20). The summed E-state index contributed by atoms with van der Waals surface area (Å²) in [5, 5.41) is 2.73. The lowest BCUT2D eigenvalue weighted by Crippen LogP contribution is -2.32. The SMILES string of the molecule is CC(C)(C)OC(=O)NCc1cncn1-c1cccc(Br)c1. The van der Waals surface area contributed by atoms with Crippen molar-refractivity contribution < 1.29 is 9.53 Å². The van der Waals surface area contributed by atoms with Crippen molar-refractivity contribution in [1.29, 1.82) is 0 Å². The zero-order chi connectivity index (χ0) is 15.5. The van der Waals surface area contributed by atoms with Crippen LogP contribution in [0.2, 0.25) is 0 Å². The van der Waals surface area contributed by atoms with Gasteiger partial charge < -0.3 is 14.6 Å². The van der Waals surface area contributed by atoms with Crippen molar-refractivity contribution in [2.45, 2.75) is 32.9 Å². The van der Waals surface area contributed by atoms with Crippen LogP contribution in [0.1, 0.15) is 26.5 Å². The summed E-state index contributed by atoms with van der Waals surface area (Å²) in [5.41, 5.74) is 1.34. The number of imidazole rings is 1. The highest BCUT2D eigenvalue weighted by Crippen LogP contribution is 2.17. The maximum atomic E-state index is 11.7. The molecule has 0 spiro atoms. The van der Waals surface area contributed by atoms with Gasteiger partial charge in [-0.15, -0.1) is 0 Å². The van der Waals surface area contributed by atoms with Crippen LogP contribution in [-0.4, -0.2) is 21.2 Å². The topological polar surface area (TPSA) is 56.1 Å². The summed E-state index contributed by atoms with van der Waals surface area (Å²) < 4.78 is 8.12. The lowest BCUT2D eigenvalue weighted by molar-refractivity contribution is 0.0522. The summed E-state index contributed by atoms with van der Waals surface area (Å²) in [4.78, 5) is 15.8. The highest BCUT2D eigenvalue weighted by Gasteiger charge is 2.16. The molecule has 2 aromatic rings. The minimum absolute atomic E-state index is 0.349. The van der Waals surface area contributed by atoms with Crippen LogP contribution >= 0.6 is 15.9 Å². The van der Waals surface area contributed by atoms with Gasteiger partial charge in [0, 0.05) is 10.2 Å². The molecule has 0 unspecified atom stereocenters. The van der Waals surface area contributed by atoms with Crippen molar-refractivity contribution in [1.82, 2.24) is 14.9 Å². The lowest BCUT2D eigenvalue weighted by Gasteiger charge is -2.19. The lowest BCUT2D eigenvalue weighted by atomic mass is 10.2. The molecule has 1 aromatic heterocycles. The maximum absolute atomic E-state index is 11.7. The average molecular weight is 352 g/mol. The number of hydrogen-bond acceptors (Lipinski definition) is 3. The number of aromatic nitrogens is 2. The Bertz CT molecular complexity index is 632. The van der Waals surface area contributed by atoms with Crippen LogP contribution in [0, 0.1) is 0 Å². The number of nitrogens with zero attached hydrogens (tertiary/aromatic N) is 2. The van der Waals surface area contributed by atoms with E-state index in [9.17, 15) is 4.79 Å². The van der Waals surface area contributed by atoms with Gasteiger partial charge in [-0.2, -0.15) is 0 Å². The second-order valence-electron chi connectivity index (χ2n) is 5.59. The van der Waals surface area contributed by atoms with Gasteiger partial charge in [0.1, 0.15) is 5.60 Å². The van der Waals surface area contributed by atoms with Crippen LogP contribution in [-0.2, 0) is 11.3 Å². The Kier molecular flexibility index (Phi) is 4.67. The molecular formula is C15H18BrN3O2. The number of rotatable bonds is 3. The van der Waals surface area contributed by atoms with Crippen molar-refractivity contribution in [3.8, 4) is 5.69 Å². The van der Waals surface area contributed by atoms with Crippen molar-refractivity contribution >= 4 is 22.0 Å². The van der Waals surface area contributed by atoms with E-state index in [0.717, 1.165) is 15.9 Å². The third-order valence-corrected chi connectivity index (χ3v) is 3.11. The number of benzene rings is 1. The number of carbonyl (C=O) groups is 1. The number of halogens is 1. The molecule has 0 fully saturated rings. The molecule has 1 N–H and O–H groups in total. The monoisotopic (exact) mass is 351 g/mol. The van der Waals surface area contributed by atoms with E-state index in [1.165, 1.54) is 0 Å². The fourth-order valence-electron chi connectivity index (χ4n) is 1.79. The number of alkyl carbamates (subject to hydrolysis) is 1. The first-order valence-electron chi connectivity index (χ1n) is 6.59. The number of carbonyl (C=O) groups excluding carboxylic acids is 1. The second kappa shape index (κ2) is 6.30. The molecule has 1 heterocycles. The van der Waals surface area contributed by atoms with Gasteiger partial charge in [0.25, 0.3) is 0 Å². The Morgan fingerprint density at radius 3 is 2.86 bits per heavy atom. The third kappa shape index (κ3) is 4.60. The molecule has 0 saturated heterocycles. The van der Waals surface area contributed by atoms with E-state index >= 15 is 0 Å². The minimum Gasteiger partial charge on any atom is -0.444 e. The first-order valence-corrected chi connectivity index (χ1v) is 7.38. The zero-order valence-corrected chi connectivity index (χ0v) is 13.8. The van der Waals surface area contributed by atoms with Crippen LogP contribution in [0.25, 0.3) is 5.69 Å². The Morgan fingerprint density at radius 2 is 2.19 bits per heavy atom. The first-order chi connectivity index (χ1) is 9.85. The molecule has 0 aliphatic rings. The molecule has 5 nitrogen and oxygen atoms in total. The van der Waals surface area contributed by atoms with Crippen molar-refractivity contribution in [2.24, 2.45) is 0 Å². The van der Waals surface area contributed by atoms with Gasteiger partial charge in [-0.05, 0) is 39.0 Å². The Balaban J connectivity index is 2.06. The van der Waals surface area contributed by atoms with Gasteiger partial charge in [0.05, 0.1) is 24.8 Å². The van der Waals surface area contributed by atoms with Gasteiger partial charge in [-0.25, -0.2) is 9.78 Å². The predicted octanol–water partition coefficient (Wildman–Crippen LogP) is 3.66. The van der Waals surface area contributed by atoms with E-state index in [2.05, 4.69) is 26.2 Å². The van der Waals surface area contributed by atoms with E-state index in [-0.39, 0.29) is 0 Å². The normalized spacial score (nSPS) is 11.2. The molecule has 0 aliphatic carbocycles. The van der Waals surface area contributed by atoms with Gasteiger partial charge in [0.15, 0.2) is 0 Å². The summed E-state index contributed by atoms with van der Waals surface area (Å²) in [7, 11) is 0. The Morgan fingerprint density at radius 1 is 1.43 bits per heavy atom. The largest absolute Gasteiger partial charge is 0.444 e. The third-order valence-electron chi connectivity index (χ3n) is 2.61. The summed E-state index contributed by atoms with van der Waals surface area (Å²) in [6, 6.07) is 7.87. The zero-order valence-electron chi connectivity index (χ0n) is 12.3. The fourth-order valence-corrected chi connectivity index (χ4v) is 2.18. The van der Waals surface area contributed by atoms with Crippen molar-refractivity contribution in [2.75, 3.05) is 0 Å². The first kappa shape index (κ1) is 15.6. The van der Waals surface area contributed by atoms with Crippen LogP contribution in [0.4, 0.5) is 4.79 Å². The van der Waals surface area contributed by atoms with Crippen LogP contribution < -0.4 is 5.32 Å². The van der Waals surface area contributed by atoms with E-state index in [0.29, 0.717) is 6.54 Å². The van der Waals surface area contributed by atoms with Crippen molar-refractivity contribution in [3.05, 3.63) is 47.0 Å². The highest BCUT2D eigenvalue weighted by atomic mass is 79.9. The van der Waals surface area contributed by atoms with Gasteiger partial charge in [-0.1, -0.05) is 22.0 Å². The van der Waals surface area contributed by atoms with E-state index < -0.39 is 11.7 Å². The molecule has 6 heteroatoms. The van der Waals surface area contributed by atoms with Crippen molar-refractivity contribution in [3.63, 3.8) is 0 Å². The molecule has 1 aromatic carbocycles. The molecule has 2 rings (SSSR count). The van der Waals surface area contributed by atoms with E-state index in [1.807, 2.05) is 49.6 Å². The van der Waals surface area contributed by atoms with Gasteiger partial charge in [0.2, 0.25) is 0 Å². The minimum atomic E-state index is -0.505. The average Bonchev–Trinajstić information content (AvgIpc) is 2.82. The summed E-state index contributed by atoms with van der Waals surface area (Å²) in [6.07, 6.45) is 3.00. The predicted molar refractivity (Wildman–Crippen MR) is 84.3 cm³/mol. The molecule has 1 amide bonds. The number of nitrogens with one attached hydrogen (secondary N) is 1. The van der Waals surface area contributed by atoms with E-state index in [4.69, 9.17) is 4.74 Å². The van der Waals surface area contributed by atoms with Crippen LogP contribution in [0.5, 0.6) is 0 Å². The molecule has 0 saturated carbocycles. The number of hydrogen-bond donors (Lipinski definition) is 1. The number of amides is 1. The van der Waals surface area contributed by atoms with Crippen LogP contribution in [0.3, 0.4) is 0 Å². The smallest absolute Gasteiger partial charge is 0.407 e. The highest BCUT2D eigenvalue weighted by molar-refractivity contribution is 9.10. The Labute approximate surface area is 132 Å². The second-order valence-corrected chi connectivity index (χ2v) is 6.51. The molecule has 0 atom stereocenters. The quantitative estimate of drug-likeness (QED) is 0.917. The van der Waals surface area contributed by atoms with Gasteiger partial charge in [-0.3, -0.25) is 0 Å². The molecule has 112 valence electrons. The molecular weight excluding hydrogens is 334 g/mol. The van der Waals surface area contributed by atoms with Gasteiger partial charge >= 0.3 is 6.09 Å². The molecule has 0 aliphatic heterocycles. The summed E-state index contributed by atoms with van der Waals surface area (Å²) in [5.74, 6) is 0. The summed E-state index contributed by atoms with van der Waals surface area (Å²) in [6.45, 7) is 5.84. The summed E-state index contributed by atoms with van der Waals surface area (Å²) >= 11 is 3.44. The molecule has 21 heavy (non-hydrogen) atoms. The van der Waals surface area contributed by atoms with E-state index in [1.54, 1.807) is 12.5 Å². The molecule has 0 radical (unpaired) electrons.